The van der Waals surface area contributed by atoms with Gasteiger partial charge in [0.05, 0.1) is 18.2 Å². The van der Waals surface area contributed by atoms with Crippen molar-refractivity contribution in [3.8, 4) is 17.2 Å². The van der Waals surface area contributed by atoms with Crippen molar-refractivity contribution < 1.29 is 23.8 Å². The van der Waals surface area contributed by atoms with Crippen LogP contribution in [-0.2, 0) is 4.79 Å². The molecule has 4 rings (SSSR count). The number of carbonyl (C=O) groups is 2. The van der Waals surface area contributed by atoms with Gasteiger partial charge in [0.15, 0.2) is 11.5 Å². The zero-order chi connectivity index (χ0) is 19.5. The molecule has 0 aliphatic carbocycles. The lowest BCUT2D eigenvalue weighted by atomic mass is 10.1. The van der Waals surface area contributed by atoms with Crippen LogP contribution in [0.2, 0.25) is 0 Å². The molecule has 2 aromatic rings. The van der Waals surface area contributed by atoms with Crippen molar-refractivity contribution in [2.45, 2.75) is 19.4 Å². The maximum absolute atomic E-state index is 12.7. The predicted octanol–water partition coefficient (Wildman–Crippen LogP) is 2.39. The summed E-state index contributed by atoms with van der Waals surface area (Å²) in [5.74, 6) is 1.56. The Morgan fingerprint density at radius 3 is 2.79 bits per heavy atom. The third-order valence-corrected chi connectivity index (χ3v) is 4.73. The second-order valence-corrected chi connectivity index (χ2v) is 6.64. The van der Waals surface area contributed by atoms with Crippen LogP contribution in [0.1, 0.15) is 23.7 Å². The third-order valence-electron chi connectivity index (χ3n) is 4.73. The Kier molecular flexibility index (Phi) is 5.06. The second kappa shape index (κ2) is 7.80. The Hall–Kier alpha value is -3.22. The number of rotatable bonds is 5. The number of anilines is 1. The van der Waals surface area contributed by atoms with Crippen LogP contribution in [0.5, 0.6) is 17.2 Å². The number of fused-ring (bicyclic) bond motifs is 1. The van der Waals surface area contributed by atoms with Crippen molar-refractivity contribution in [3.05, 3.63) is 48.0 Å². The molecule has 0 radical (unpaired) electrons. The van der Waals surface area contributed by atoms with Crippen LogP contribution in [0.15, 0.2) is 42.5 Å². The zero-order valence-corrected chi connectivity index (χ0v) is 15.6. The van der Waals surface area contributed by atoms with Gasteiger partial charge in [-0.05, 0) is 31.2 Å². The highest BCUT2D eigenvalue weighted by Gasteiger charge is 2.32. The molecule has 2 heterocycles. The molecule has 1 atom stereocenters. The minimum Gasteiger partial charge on any atom is -0.493 e. The van der Waals surface area contributed by atoms with E-state index >= 15 is 0 Å². The van der Waals surface area contributed by atoms with Gasteiger partial charge < -0.3 is 24.4 Å². The topological polar surface area (TPSA) is 77.1 Å². The first-order valence-electron chi connectivity index (χ1n) is 9.38. The number of para-hydroxylation sites is 1. The van der Waals surface area contributed by atoms with E-state index in [1.54, 1.807) is 35.2 Å². The SMILES string of the molecule is CCOc1ccccc1C(=O)N[C@@H]1CC(=O)N(c2ccc3c(c2)OCCO3)C1. The van der Waals surface area contributed by atoms with E-state index in [4.69, 9.17) is 14.2 Å². The van der Waals surface area contributed by atoms with Crippen molar-refractivity contribution in [2.24, 2.45) is 0 Å². The second-order valence-electron chi connectivity index (χ2n) is 6.64. The molecule has 146 valence electrons. The van der Waals surface area contributed by atoms with Crippen LogP contribution >= 0.6 is 0 Å². The van der Waals surface area contributed by atoms with Crippen LogP contribution < -0.4 is 24.4 Å². The summed E-state index contributed by atoms with van der Waals surface area (Å²) in [6, 6.07) is 12.3. The molecule has 2 aliphatic heterocycles. The van der Waals surface area contributed by atoms with E-state index in [9.17, 15) is 9.59 Å². The molecule has 2 aliphatic rings. The predicted molar refractivity (Wildman–Crippen MR) is 103 cm³/mol. The van der Waals surface area contributed by atoms with Crippen molar-refractivity contribution >= 4 is 17.5 Å². The molecule has 2 amide bonds. The maximum Gasteiger partial charge on any atom is 0.255 e. The van der Waals surface area contributed by atoms with E-state index in [1.165, 1.54) is 0 Å². The highest BCUT2D eigenvalue weighted by Crippen LogP contribution is 2.35. The number of nitrogens with one attached hydrogen (secondary N) is 1. The molecule has 1 fully saturated rings. The van der Waals surface area contributed by atoms with Gasteiger partial charge in [-0.25, -0.2) is 0 Å². The molecule has 1 N–H and O–H groups in total. The highest BCUT2D eigenvalue weighted by molar-refractivity contribution is 6.00. The molecule has 7 nitrogen and oxygen atoms in total. The fourth-order valence-electron chi connectivity index (χ4n) is 3.45. The van der Waals surface area contributed by atoms with Crippen molar-refractivity contribution in [1.82, 2.24) is 5.32 Å². The zero-order valence-electron chi connectivity index (χ0n) is 15.6. The van der Waals surface area contributed by atoms with Crippen LogP contribution in [-0.4, -0.2) is 44.2 Å². The molecule has 28 heavy (non-hydrogen) atoms. The van der Waals surface area contributed by atoms with E-state index in [0.717, 1.165) is 5.69 Å². The molecular formula is C21H22N2O5. The van der Waals surface area contributed by atoms with Gasteiger partial charge in [0.1, 0.15) is 19.0 Å². The van der Waals surface area contributed by atoms with E-state index in [2.05, 4.69) is 5.32 Å². The van der Waals surface area contributed by atoms with Gasteiger partial charge in [0.2, 0.25) is 5.91 Å². The van der Waals surface area contributed by atoms with E-state index in [0.29, 0.717) is 49.2 Å². The standard InChI is InChI=1S/C21H22N2O5/c1-2-26-17-6-4-3-5-16(17)21(25)22-14-11-20(24)23(13-14)15-7-8-18-19(12-15)28-10-9-27-18/h3-8,12,14H,2,9-11,13H2,1H3,(H,22,25)/t14-/m1/s1. The number of ether oxygens (including phenoxy) is 3. The molecule has 1 saturated heterocycles. The van der Waals surface area contributed by atoms with Crippen LogP contribution in [0.3, 0.4) is 0 Å². The number of benzene rings is 2. The van der Waals surface area contributed by atoms with Gasteiger partial charge in [0.25, 0.3) is 5.91 Å². The molecular weight excluding hydrogens is 360 g/mol. The summed E-state index contributed by atoms with van der Waals surface area (Å²) in [5, 5.41) is 2.95. The van der Waals surface area contributed by atoms with Crippen molar-refractivity contribution in [1.29, 1.82) is 0 Å². The molecule has 0 bridgehead atoms. The van der Waals surface area contributed by atoms with Crippen LogP contribution in [0, 0.1) is 0 Å². The largest absolute Gasteiger partial charge is 0.493 e. The highest BCUT2D eigenvalue weighted by atomic mass is 16.6. The van der Waals surface area contributed by atoms with Gasteiger partial charge in [-0.15, -0.1) is 0 Å². The average Bonchev–Trinajstić information content (AvgIpc) is 3.08. The Labute approximate surface area is 163 Å². The lowest BCUT2D eigenvalue weighted by Crippen LogP contribution is -2.37. The summed E-state index contributed by atoms with van der Waals surface area (Å²) in [5.41, 5.74) is 1.20. The van der Waals surface area contributed by atoms with E-state index in [1.807, 2.05) is 19.1 Å². The molecule has 0 saturated carbocycles. The molecule has 0 aromatic heterocycles. The minimum absolute atomic E-state index is 0.0416. The first-order valence-corrected chi connectivity index (χ1v) is 9.38. The lowest BCUT2D eigenvalue weighted by molar-refractivity contribution is -0.117. The average molecular weight is 382 g/mol. The lowest BCUT2D eigenvalue weighted by Gasteiger charge is -2.22. The summed E-state index contributed by atoms with van der Waals surface area (Å²) in [6.45, 7) is 3.76. The van der Waals surface area contributed by atoms with E-state index < -0.39 is 0 Å². The van der Waals surface area contributed by atoms with Crippen LogP contribution in [0.4, 0.5) is 5.69 Å². The molecule has 0 unspecified atom stereocenters. The summed E-state index contributed by atoms with van der Waals surface area (Å²) >= 11 is 0. The summed E-state index contributed by atoms with van der Waals surface area (Å²) < 4.78 is 16.6. The number of amides is 2. The van der Waals surface area contributed by atoms with Gasteiger partial charge in [-0.2, -0.15) is 0 Å². The van der Waals surface area contributed by atoms with Crippen molar-refractivity contribution in [2.75, 3.05) is 31.3 Å². The van der Waals surface area contributed by atoms with Gasteiger partial charge >= 0.3 is 0 Å². The Bertz CT molecular complexity index is 898. The Morgan fingerprint density at radius 2 is 1.96 bits per heavy atom. The number of hydrogen-bond donors (Lipinski definition) is 1. The molecule has 2 aromatic carbocycles. The summed E-state index contributed by atoms with van der Waals surface area (Å²) in [6.07, 6.45) is 0.247. The van der Waals surface area contributed by atoms with Gasteiger partial charge in [-0.1, -0.05) is 12.1 Å². The number of hydrogen-bond acceptors (Lipinski definition) is 5. The molecule has 7 heteroatoms. The van der Waals surface area contributed by atoms with Gasteiger partial charge in [-0.3, -0.25) is 9.59 Å². The first-order chi connectivity index (χ1) is 13.7. The Balaban J connectivity index is 1.46. The number of carbonyl (C=O) groups excluding carboxylic acids is 2. The fourth-order valence-corrected chi connectivity index (χ4v) is 3.45. The maximum atomic E-state index is 12.7. The smallest absolute Gasteiger partial charge is 0.255 e. The minimum atomic E-state index is -0.275. The van der Waals surface area contributed by atoms with Crippen LogP contribution in [0.25, 0.3) is 0 Å². The fraction of sp³-hybridized carbons (Fsp3) is 0.333. The number of nitrogens with zero attached hydrogens (tertiary/aromatic N) is 1. The van der Waals surface area contributed by atoms with Crippen molar-refractivity contribution in [3.63, 3.8) is 0 Å². The molecule has 0 spiro atoms. The summed E-state index contributed by atoms with van der Waals surface area (Å²) in [7, 11) is 0. The summed E-state index contributed by atoms with van der Waals surface area (Å²) in [4.78, 5) is 26.9. The quantitative estimate of drug-likeness (QED) is 0.859. The van der Waals surface area contributed by atoms with E-state index in [-0.39, 0.29) is 24.3 Å². The first kappa shape index (κ1) is 18.2. The third kappa shape index (κ3) is 3.60. The monoisotopic (exact) mass is 382 g/mol. The van der Waals surface area contributed by atoms with Gasteiger partial charge in [0, 0.05) is 24.7 Å². The normalized spacial score (nSPS) is 18.1. The Morgan fingerprint density at radius 1 is 1.18 bits per heavy atom.